The average molecular weight is 371 g/mol. The maximum atomic E-state index is 11.8. The molecular formula is C14H20F3NO5S. The van der Waals surface area contributed by atoms with Crippen molar-refractivity contribution >= 4 is 15.9 Å². The molecule has 0 radical (unpaired) electrons. The lowest BCUT2D eigenvalue weighted by atomic mass is 10.0. The van der Waals surface area contributed by atoms with E-state index in [0.717, 1.165) is 22.2 Å². The van der Waals surface area contributed by atoms with Gasteiger partial charge in [-0.05, 0) is 0 Å². The minimum absolute atomic E-state index is 0.0477. The van der Waals surface area contributed by atoms with Crippen molar-refractivity contribution in [2.45, 2.75) is 12.1 Å². The number of alkyl halides is 3. The first-order valence-electron chi connectivity index (χ1n) is 6.61. The summed E-state index contributed by atoms with van der Waals surface area (Å²) >= 11 is 0. The first-order valence-corrected chi connectivity index (χ1v) is 8.02. The molecule has 0 fully saturated rings. The van der Waals surface area contributed by atoms with Crippen LogP contribution in [0.15, 0.2) is 24.3 Å². The number of ether oxygens (including phenoxy) is 1. The summed E-state index contributed by atoms with van der Waals surface area (Å²) in [6, 6.07) is 7.73. The topological polar surface area (TPSA) is 83.5 Å². The van der Waals surface area contributed by atoms with Gasteiger partial charge in [0.05, 0.1) is 21.1 Å². The molecule has 6 nitrogen and oxygen atoms in total. The molecule has 0 aliphatic carbocycles. The van der Waals surface area contributed by atoms with Crippen LogP contribution in [0.5, 0.6) is 0 Å². The standard InChI is InChI=1S/C13H20NO2.CHF3O3S/c1-14(2,3)9-11-7-5-6-8-12(11)13(15)10-16-4;2-1(3,4)8(5,6)7/h5-8H,9-10H2,1-4H3;(H,5,6,7)/q+1;/p-1. The number of methoxy groups -OCH3 is 1. The lowest BCUT2D eigenvalue weighted by molar-refractivity contribution is -0.884. The fourth-order valence-electron chi connectivity index (χ4n) is 1.65. The van der Waals surface area contributed by atoms with E-state index in [1.54, 1.807) is 7.11 Å². The van der Waals surface area contributed by atoms with Crippen molar-refractivity contribution in [3.05, 3.63) is 35.4 Å². The van der Waals surface area contributed by atoms with E-state index in [2.05, 4.69) is 21.1 Å². The van der Waals surface area contributed by atoms with E-state index >= 15 is 0 Å². The molecule has 24 heavy (non-hydrogen) atoms. The smallest absolute Gasteiger partial charge is 0.485 e. The summed E-state index contributed by atoms with van der Waals surface area (Å²) in [5, 5.41) is 0. The average Bonchev–Trinajstić information content (AvgIpc) is 2.36. The highest BCUT2D eigenvalue weighted by Crippen LogP contribution is 2.20. The fraction of sp³-hybridized carbons (Fsp3) is 0.500. The van der Waals surface area contributed by atoms with Gasteiger partial charge in [-0.2, -0.15) is 13.2 Å². The van der Waals surface area contributed by atoms with E-state index in [0.29, 0.717) is 0 Å². The van der Waals surface area contributed by atoms with Gasteiger partial charge in [0, 0.05) is 18.2 Å². The number of ketones is 1. The molecule has 1 aromatic carbocycles. The highest BCUT2D eigenvalue weighted by molar-refractivity contribution is 7.86. The molecule has 0 heterocycles. The Hall–Kier alpha value is -1.49. The number of carbonyl (C=O) groups excluding carboxylic acids is 1. The summed E-state index contributed by atoms with van der Waals surface area (Å²) in [7, 11) is 1.78. The van der Waals surface area contributed by atoms with Gasteiger partial charge in [-0.15, -0.1) is 0 Å². The van der Waals surface area contributed by atoms with Crippen molar-refractivity contribution < 1.29 is 40.2 Å². The normalized spacial score (nSPS) is 12.3. The third-order valence-corrected chi connectivity index (χ3v) is 3.09. The van der Waals surface area contributed by atoms with Crippen LogP contribution >= 0.6 is 0 Å². The van der Waals surface area contributed by atoms with Crippen molar-refractivity contribution in [1.82, 2.24) is 0 Å². The summed E-state index contributed by atoms with van der Waals surface area (Å²) in [5.41, 5.74) is -3.79. The highest BCUT2D eigenvalue weighted by Gasteiger charge is 2.36. The first-order chi connectivity index (χ1) is 10.7. The van der Waals surface area contributed by atoms with Gasteiger partial charge in [0.2, 0.25) is 0 Å². The zero-order valence-electron chi connectivity index (χ0n) is 13.8. The first kappa shape index (κ1) is 22.5. The Morgan fingerprint density at radius 3 is 2.04 bits per heavy atom. The molecule has 1 aromatic rings. The highest BCUT2D eigenvalue weighted by atomic mass is 32.2. The summed E-state index contributed by atoms with van der Waals surface area (Å²) < 4.78 is 64.6. The number of carbonyl (C=O) groups is 1. The van der Waals surface area contributed by atoms with Gasteiger partial charge in [0.15, 0.2) is 15.9 Å². The zero-order chi connectivity index (χ0) is 19.2. The quantitative estimate of drug-likeness (QED) is 0.341. The third-order valence-electron chi connectivity index (χ3n) is 2.52. The van der Waals surface area contributed by atoms with E-state index in [1.165, 1.54) is 0 Å². The number of nitrogens with zero attached hydrogens (tertiary/aromatic N) is 1. The molecule has 0 N–H and O–H groups in total. The molecule has 0 unspecified atom stereocenters. The van der Waals surface area contributed by atoms with E-state index in [1.807, 2.05) is 24.3 Å². The van der Waals surface area contributed by atoms with Gasteiger partial charge in [-0.25, -0.2) is 8.42 Å². The molecule has 10 heteroatoms. The number of quaternary nitrogens is 1. The van der Waals surface area contributed by atoms with Crippen LogP contribution in [-0.4, -0.2) is 63.6 Å². The number of hydrogen-bond acceptors (Lipinski definition) is 5. The van der Waals surface area contributed by atoms with Crippen LogP contribution < -0.4 is 0 Å². The molecule has 138 valence electrons. The number of benzene rings is 1. The zero-order valence-corrected chi connectivity index (χ0v) is 14.6. The molecule has 1 rings (SSSR count). The van der Waals surface area contributed by atoms with E-state index in [4.69, 9.17) is 17.7 Å². The maximum Gasteiger partial charge on any atom is 0.485 e. The van der Waals surface area contributed by atoms with Crippen LogP contribution in [0.1, 0.15) is 15.9 Å². The Bertz CT molecular complexity index is 651. The second-order valence-corrected chi connectivity index (χ2v) is 7.23. The molecule has 0 atom stereocenters. The summed E-state index contributed by atoms with van der Waals surface area (Å²) in [5.74, 6) is 0.0477. The Balaban J connectivity index is 0.000000561. The van der Waals surface area contributed by atoms with Gasteiger partial charge in [-0.3, -0.25) is 4.79 Å². The summed E-state index contributed by atoms with van der Waals surface area (Å²) in [6.45, 7) is 0.986. The molecule has 0 spiro atoms. The molecule has 0 saturated heterocycles. The van der Waals surface area contributed by atoms with Gasteiger partial charge >= 0.3 is 5.51 Å². The Labute approximate surface area is 139 Å². The summed E-state index contributed by atoms with van der Waals surface area (Å²) in [6.07, 6.45) is 0. The van der Waals surface area contributed by atoms with Crippen molar-refractivity contribution in [2.24, 2.45) is 0 Å². The minimum atomic E-state index is -6.09. The minimum Gasteiger partial charge on any atom is -0.741 e. The monoisotopic (exact) mass is 371 g/mol. The van der Waals surface area contributed by atoms with Crippen LogP contribution in [0.4, 0.5) is 13.2 Å². The van der Waals surface area contributed by atoms with Crippen molar-refractivity contribution in [2.75, 3.05) is 34.9 Å². The number of hydrogen-bond donors (Lipinski definition) is 0. The fourth-order valence-corrected chi connectivity index (χ4v) is 1.65. The predicted octanol–water partition coefficient (Wildman–Crippen LogP) is 1.77. The molecule has 0 saturated carbocycles. The third kappa shape index (κ3) is 8.39. The van der Waals surface area contributed by atoms with Crippen LogP contribution in [-0.2, 0) is 21.4 Å². The lowest BCUT2D eigenvalue weighted by Gasteiger charge is -2.24. The van der Waals surface area contributed by atoms with Crippen LogP contribution in [0, 0.1) is 0 Å². The van der Waals surface area contributed by atoms with Gasteiger partial charge in [-0.1, -0.05) is 24.3 Å². The lowest BCUT2D eigenvalue weighted by Crippen LogP contribution is -2.34. The number of Topliss-reactive ketones (excluding diaryl/α,β-unsaturated/α-hetero) is 1. The van der Waals surface area contributed by atoms with Crippen LogP contribution in [0.2, 0.25) is 0 Å². The van der Waals surface area contributed by atoms with E-state index in [9.17, 15) is 18.0 Å². The Kier molecular flexibility index (Phi) is 8.03. The van der Waals surface area contributed by atoms with Crippen molar-refractivity contribution in [3.8, 4) is 0 Å². The SMILES string of the molecule is COCC(=O)c1ccccc1C[N+](C)(C)C.O=S(=O)([O-])C(F)(F)F. The molecule has 0 bridgehead atoms. The van der Waals surface area contributed by atoms with Gasteiger partial charge < -0.3 is 13.8 Å². The largest absolute Gasteiger partial charge is 0.741 e. The molecule has 0 aliphatic heterocycles. The Morgan fingerprint density at radius 1 is 1.21 bits per heavy atom. The van der Waals surface area contributed by atoms with Crippen LogP contribution in [0.25, 0.3) is 0 Å². The maximum absolute atomic E-state index is 11.8. The second-order valence-electron chi connectivity index (χ2n) is 5.86. The van der Waals surface area contributed by atoms with Gasteiger partial charge in [0.1, 0.15) is 13.2 Å². The molecular weight excluding hydrogens is 351 g/mol. The van der Waals surface area contributed by atoms with Gasteiger partial charge in [0.25, 0.3) is 0 Å². The number of rotatable bonds is 5. The summed E-state index contributed by atoms with van der Waals surface area (Å²) in [4.78, 5) is 11.8. The molecule has 0 aliphatic rings. The predicted molar refractivity (Wildman–Crippen MR) is 80.1 cm³/mol. The van der Waals surface area contributed by atoms with Crippen LogP contribution in [0.3, 0.4) is 0 Å². The van der Waals surface area contributed by atoms with E-state index in [-0.39, 0.29) is 12.4 Å². The second kappa shape index (κ2) is 8.56. The number of halogens is 3. The van der Waals surface area contributed by atoms with E-state index < -0.39 is 15.6 Å². The Morgan fingerprint density at radius 2 is 1.67 bits per heavy atom. The van der Waals surface area contributed by atoms with Crippen molar-refractivity contribution in [1.29, 1.82) is 0 Å². The molecule has 0 amide bonds. The molecule has 0 aromatic heterocycles. The van der Waals surface area contributed by atoms with Crippen molar-refractivity contribution in [3.63, 3.8) is 0 Å².